The van der Waals surface area contributed by atoms with Crippen LogP contribution >= 0.6 is 11.8 Å². The first-order chi connectivity index (χ1) is 9.50. The van der Waals surface area contributed by atoms with E-state index >= 15 is 0 Å². The Labute approximate surface area is 128 Å². The fraction of sp³-hybridized carbons (Fsp3) is 0.600. The van der Waals surface area contributed by atoms with Gasteiger partial charge in [0.05, 0.1) is 5.60 Å². The summed E-state index contributed by atoms with van der Waals surface area (Å²) in [4.78, 5) is 0.851. The zero-order chi connectivity index (χ0) is 14.6. The van der Waals surface area contributed by atoms with Crippen molar-refractivity contribution < 1.29 is 9.32 Å². The van der Waals surface area contributed by atoms with Gasteiger partial charge in [-0.2, -0.15) is 11.8 Å². The number of aliphatic hydroxyl groups is 1. The molecule has 0 bridgehead atoms. The van der Waals surface area contributed by atoms with E-state index in [0.29, 0.717) is 6.54 Å². The maximum atomic E-state index is 11.4. The van der Waals surface area contributed by atoms with Crippen LogP contribution in [0.1, 0.15) is 31.4 Å². The number of nitrogens with one attached hydrogen (secondary N) is 1. The second-order valence-electron chi connectivity index (χ2n) is 5.46. The molecule has 1 aliphatic rings. The number of hydrogen-bond acceptors (Lipinski definition) is 4. The average molecular weight is 313 g/mol. The van der Waals surface area contributed by atoms with Gasteiger partial charge in [-0.05, 0) is 49.0 Å². The lowest BCUT2D eigenvalue weighted by Gasteiger charge is -2.33. The molecule has 20 heavy (non-hydrogen) atoms. The number of hydrogen-bond donors (Lipinski definition) is 2. The first-order valence-electron chi connectivity index (χ1n) is 6.97. The van der Waals surface area contributed by atoms with Crippen LogP contribution in [0.4, 0.5) is 0 Å². The van der Waals surface area contributed by atoms with Gasteiger partial charge in [0.2, 0.25) is 0 Å². The molecule has 0 spiro atoms. The molecule has 2 atom stereocenters. The molecule has 0 unspecified atom stereocenters. The van der Waals surface area contributed by atoms with Crippen molar-refractivity contribution in [2.24, 2.45) is 0 Å². The highest BCUT2D eigenvalue weighted by Gasteiger charge is 2.29. The highest BCUT2D eigenvalue weighted by Crippen LogP contribution is 2.27. The van der Waals surface area contributed by atoms with Crippen LogP contribution in [0.15, 0.2) is 29.2 Å². The van der Waals surface area contributed by atoms with Crippen molar-refractivity contribution in [3.8, 4) is 0 Å². The van der Waals surface area contributed by atoms with Gasteiger partial charge in [0, 0.05) is 34.5 Å². The molecule has 0 radical (unpaired) electrons. The zero-order valence-electron chi connectivity index (χ0n) is 12.1. The van der Waals surface area contributed by atoms with E-state index in [1.54, 1.807) is 6.26 Å². The fourth-order valence-corrected chi connectivity index (χ4v) is 4.11. The lowest BCUT2D eigenvalue weighted by Crippen LogP contribution is -2.44. The minimum absolute atomic E-state index is 0.188. The van der Waals surface area contributed by atoms with Crippen molar-refractivity contribution in [2.45, 2.75) is 36.3 Å². The van der Waals surface area contributed by atoms with E-state index in [9.17, 15) is 9.32 Å². The van der Waals surface area contributed by atoms with Gasteiger partial charge in [0.1, 0.15) is 0 Å². The summed E-state index contributed by atoms with van der Waals surface area (Å²) in [6, 6.07) is 8.03. The Hall–Kier alpha value is -0.360. The minimum atomic E-state index is -0.928. The van der Waals surface area contributed by atoms with Crippen molar-refractivity contribution in [3.05, 3.63) is 29.8 Å². The third-order valence-electron chi connectivity index (χ3n) is 3.87. The fourth-order valence-electron chi connectivity index (χ4n) is 2.34. The summed E-state index contributed by atoms with van der Waals surface area (Å²) in [6.45, 7) is 2.73. The average Bonchev–Trinajstić information content (AvgIpc) is 2.46. The summed E-state index contributed by atoms with van der Waals surface area (Å²) < 4.78 is 11.4. The minimum Gasteiger partial charge on any atom is -0.389 e. The number of benzene rings is 1. The first kappa shape index (κ1) is 16.0. The Morgan fingerprint density at radius 2 is 1.95 bits per heavy atom. The van der Waals surface area contributed by atoms with E-state index in [2.05, 4.69) is 12.2 Å². The molecule has 1 aromatic rings. The Morgan fingerprint density at radius 1 is 1.35 bits per heavy atom. The van der Waals surface area contributed by atoms with Crippen molar-refractivity contribution in [2.75, 3.05) is 24.3 Å². The van der Waals surface area contributed by atoms with E-state index in [1.807, 2.05) is 36.0 Å². The van der Waals surface area contributed by atoms with Crippen LogP contribution < -0.4 is 5.32 Å². The number of rotatable bonds is 5. The Bertz CT molecular complexity index is 455. The van der Waals surface area contributed by atoms with Crippen molar-refractivity contribution in [1.82, 2.24) is 5.32 Å². The third kappa shape index (κ3) is 4.32. The summed E-state index contributed by atoms with van der Waals surface area (Å²) in [5.74, 6) is 2.09. The topological polar surface area (TPSA) is 49.3 Å². The van der Waals surface area contributed by atoms with E-state index < -0.39 is 16.4 Å². The summed E-state index contributed by atoms with van der Waals surface area (Å²) in [7, 11) is -0.928. The van der Waals surface area contributed by atoms with Gasteiger partial charge >= 0.3 is 0 Å². The molecule has 3 nitrogen and oxygen atoms in total. The Morgan fingerprint density at radius 3 is 2.50 bits per heavy atom. The second kappa shape index (κ2) is 7.07. The summed E-state index contributed by atoms with van der Waals surface area (Å²) >= 11 is 1.92. The second-order valence-corrected chi connectivity index (χ2v) is 8.07. The van der Waals surface area contributed by atoms with Gasteiger partial charge in [-0.1, -0.05) is 12.1 Å². The molecule has 2 rings (SSSR count). The number of thioether (sulfide) groups is 1. The van der Waals surface area contributed by atoms with E-state index in [-0.39, 0.29) is 6.04 Å². The molecule has 0 saturated carbocycles. The monoisotopic (exact) mass is 313 g/mol. The van der Waals surface area contributed by atoms with Gasteiger partial charge in [-0.3, -0.25) is 4.21 Å². The molecular formula is C15H23NO2S2. The van der Waals surface area contributed by atoms with Crippen LogP contribution in [-0.2, 0) is 10.8 Å². The van der Waals surface area contributed by atoms with Crippen LogP contribution in [0.25, 0.3) is 0 Å². The molecule has 1 fully saturated rings. The van der Waals surface area contributed by atoms with Crippen LogP contribution in [0.3, 0.4) is 0 Å². The molecule has 0 aliphatic carbocycles. The SMILES string of the molecule is C[C@H](NCC1(O)CCSCC1)c1ccc([S@](C)=O)cc1. The predicted octanol–water partition coefficient (Wildman–Crippen LogP) is 2.33. The molecular weight excluding hydrogens is 290 g/mol. The van der Waals surface area contributed by atoms with Gasteiger partial charge in [-0.15, -0.1) is 0 Å². The quantitative estimate of drug-likeness (QED) is 0.876. The molecule has 1 aliphatic heterocycles. The summed E-state index contributed by atoms with van der Waals surface area (Å²) in [6.07, 6.45) is 3.42. The van der Waals surface area contributed by atoms with Gasteiger partial charge in [0.15, 0.2) is 0 Å². The molecule has 2 N–H and O–H groups in total. The predicted molar refractivity (Wildman–Crippen MR) is 86.7 cm³/mol. The molecule has 1 heterocycles. The van der Waals surface area contributed by atoms with Crippen LogP contribution in [0.5, 0.6) is 0 Å². The summed E-state index contributed by atoms with van der Waals surface area (Å²) in [5.41, 5.74) is 0.609. The highest BCUT2D eigenvalue weighted by atomic mass is 32.2. The van der Waals surface area contributed by atoms with Crippen LogP contribution in [-0.4, -0.2) is 39.2 Å². The Balaban J connectivity index is 1.90. The maximum Gasteiger partial charge on any atom is 0.0787 e. The normalized spacial score (nSPS) is 21.4. The largest absolute Gasteiger partial charge is 0.389 e. The molecule has 112 valence electrons. The van der Waals surface area contributed by atoms with Crippen molar-refractivity contribution >= 4 is 22.6 Å². The van der Waals surface area contributed by atoms with Crippen LogP contribution in [0, 0.1) is 0 Å². The molecule has 5 heteroatoms. The van der Waals surface area contributed by atoms with E-state index in [1.165, 1.54) is 0 Å². The highest BCUT2D eigenvalue weighted by molar-refractivity contribution is 7.99. The standard InChI is InChI=1S/C15H23NO2S2/c1-12(13-3-5-14(6-4-13)20(2)18)16-11-15(17)7-9-19-10-8-15/h3-6,12,16-17H,7-11H2,1-2H3/t12-,20-/m0/s1. The molecule has 0 aromatic heterocycles. The molecule has 0 amide bonds. The smallest absolute Gasteiger partial charge is 0.0787 e. The van der Waals surface area contributed by atoms with Crippen molar-refractivity contribution in [1.29, 1.82) is 0 Å². The molecule has 1 aromatic carbocycles. The zero-order valence-corrected chi connectivity index (χ0v) is 13.7. The van der Waals surface area contributed by atoms with Gasteiger partial charge < -0.3 is 10.4 Å². The third-order valence-corrected chi connectivity index (χ3v) is 5.79. The molecule has 1 saturated heterocycles. The Kier molecular flexibility index (Phi) is 5.66. The van der Waals surface area contributed by atoms with E-state index in [0.717, 1.165) is 34.8 Å². The lowest BCUT2D eigenvalue weighted by molar-refractivity contribution is 0.0300. The summed E-state index contributed by atoms with van der Waals surface area (Å²) in [5, 5.41) is 13.9. The van der Waals surface area contributed by atoms with Crippen molar-refractivity contribution in [3.63, 3.8) is 0 Å². The maximum absolute atomic E-state index is 11.4. The lowest BCUT2D eigenvalue weighted by atomic mass is 9.96. The van der Waals surface area contributed by atoms with Gasteiger partial charge in [-0.25, -0.2) is 0 Å². The van der Waals surface area contributed by atoms with E-state index in [4.69, 9.17) is 0 Å². The first-order valence-corrected chi connectivity index (χ1v) is 9.68. The van der Waals surface area contributed by atoms with Crippen LogP contribution in [0.2, 0.25) is 0 Å². The van der Waals surface area contributed by atoms with Gasteiger partial charge in [0.25, 0.3) is 0 Å².